The van der Waals surface area contributed by atoms with Crippen molar-refractivity contribution >= 4 is 5.82 Å². The van der Waals surface area contributed by atoms with Gasteiger partial charge in [-0.05, 0) is 12.1 Å². The van der Waals surface area contributed by atoms with Crippen LogP contribution in [-0.4, -0.2) is 33.1 Å². The van der Waals surface area contributed by atoms with Gasteiger partial charge in [-0.25, -0.2) is 4.39 Å². The summed E-state index contributed by atoms with van der Waals surface area (Å²) in [5.41, 5.74) is 1.42. The Kier molecular flexibility index (Phi) is 5.77. The first-order valence-corrected chi connectivity index (χ1v) is 12.0. The topological polar surface area (TPSA) is 119 Å². The normalized spacial score (nSPS) is 16.8. The molecule has 5 rings (SSSR count). The van der Waals surface area contributed by atoms with Crippen LogP contribution in [0.15, 0.2) is 60.9 Å². The number of imidazole rings is 1. The number of fused-ring (bicyclic) bond motifs is 1. The molecule has 0 bridgehead atoms. The molecule has 0 radical (unpaired) electrons. The van der Waals surface area contributed by atoms with E-state index >= 15 is 0 Å². The van der Waals surface area contributed by atoms with E-state index in [-0.39, 0.29) is 24.3 Å². The summed E-state index contributed by atoms with van der Waals surface area (Å²) in [7, 11) is 0. The maximum atomic E-state index is 13.0. The molecule has 0 unspecified atom stereocenters. The second kappa shape index (κ2) is 8.89. The summed E-state index contributed by atoms with van der Waals surface area (Å²) in [6.07, 6.45) is 3.12. The van der Waals surface area contributed by atoms with Crippen molar-refractivity contribution < 1.29 is 43.5 Å². The summed E-state index contributed by atoms with van der Waals surface area (Å²) in [6, 6.07) is 13.4. The predicted octanol–water partition coefficient (Wildman–Crippen LogP) is 0.282. The first-order valence-electron chi connectivity index (χ1n) is 10.0. The van der Waals surface area contributed by atoms with Crippen LogP contribution in [0, 0.1) is 15.9 Å². The fourth-order valence-corrected chi connectivity index (χ4v) is 5.00. The van der Waals surface area contributed by atoms with E-state index in [1.165, 1.54) is 18.3 Å². The van der Waals surface area contributed by atoms with Crippen molar-refractivity contribution in [1.82, 2.24) is 24.5 Å². The van der Waals surface area contributed by atoms with Gasteiger partial charge in [-0.1, -0.05) is 0 Å². The Balaban J connectivity index is 1.15. The molecule has 13 heteroatoms. The fraction of sp³-hybridized carbons (Fsp3) is 0.190. The van der Waals surface area contributed by atoms with Gasteiger partial charge in [0.2, 0.25) is 0 Å². The first kappa shape index (κ1) is 22.1. The van der Waals surface area contributed by atoms with Crippen LogP contribution in [0.2, 0.25) is 0 Å². The van der Waals surface area contributed by atoms with Gasteiger partial charge in [0.1, 0.15) is 5.82 Å². The quantitative estimate of drug-likeness (QED) is 0.127. The van der Waals surface area contributed by atoms with Gasteiger partial charge in [-0.3, -0.25) is 0 Å². The van der Waals surface area contributed by atoms with E-state index < -0.39 is 30.2 Å². The molecule has 0 fully saturated rings. The number of hydrogen-bond donors (Lipinski definition) is 0. The molecule has 1 aliphatic rings. The van der Waals surface area contributed by atoms with Crippen LogP contribution in [0.4, 0.5) is 10.2 Å². The number of rotatable bonds is 8. The molecule has 2 aromatic heterocycles. The zero-order chi connectivity index (χ0) is 23.7. The molecule has 176 valence electrons. The number of ether oxygens (including phenoxy) is 2. The van der Waals surface area contributed by atoms with E-state index in [0.717, 1.165) is 5.69 Å². The van der Waals surface area contributed by atoms with Crippen LogP contribution in [0.25, 0.3) is 5.69 Å². The van der Waals surface area contributed by atoms with Gasteiger partial charge in [-0.2, -0.15) is 0 Å². The molecular weight excluding hydrogens is 562 g/mol. The molecule has 4 aromatic rings. The summed E-state index contributed by atoms with van der Waals surface area (Å²) < 4.78 is 33.0. The summed E-state index contributed by atoms with van der Waals surface area (Å²) in [4.78, 5) is 14.2. The average molecular weight is 579 g/mol. The molecule has 2 aromatic carbocycles. The fourth-order valence-electron chi connectivity index (χ4n) is 3.19. The SMILES string of the molecule is C[C@]1([I-]Oc2ccc(-n3cc(COc4ccc(F)cc4)nn3)cc2)Cn2cc([N+](=O)[O-])nc2O1. The number of alkyl halides is 1. The number of aromatic nitrogens is 5. The number of halogens is 2. The second-order valence-electron chi connectivity index (χ2n) is 7.52. The van der Waals surface area contributed by atoms with E-state index in [1.807, 2.05) is 31.2 Å². The average Bonchev–Trinajstić information content (AvgIpc) is 3.52. The van der Waals surface area contributed by atoms with Gasteiger partial charge < -0.3 is 0 Å². The van der Waals surface area contributed by atoms with E-state index in [0.29, 0.717) is 23.7 Å². The third kappa shape index (κ3) is 4.78. The molecule has 34 heavy (non-hydrogen) atoms. The van der Waals surface area contributed by atoms with Crippen molar-refractivity contribution in [1.29, 1.82) is 0 Å². The summed E-state index contributed by atoms with van der Waals surface area (Å²) in [6.45, 7) is 2.55. The van der Waals surface area contributed by atoms with Gasteiger partial charge in [0, 0.05) is 0 Å². The van der Waals surface area contributed by atoms with Crippen molar-refractivity contribution in [3.8, 4) is 23.2 Å². The Bertz CT molecular complexity index is 1300. The maximum absolute atomic E-state index is 13.0. The Morgan fingerprint density at radius 1 is 1.18 bits per heavy atom. The number of nitrogens with zero attached hydrogens (tertiary/aromatic N) is 6. The van der Waals surface area contributed by atoms with Crippen molar-refractivity contribution in [2.45, 2.75) is 23.7 Å². The zero-order valence-electron chi connectivity index (χ0n) is 17.7. The Morgan fingerprint density at radius 2 is 1.91 bits per heavy atom. The standard InChI is InChI=1S/C21H17FIN6O5/c1-21(13-27-11-19(29(30)31)24-20(27)33-21)23-34-18-8-4-16(5-9-18)28-10-15(25-26-28)12-32-17-6-2-14(22)3-7-17/h2-11H,12-13H2,1H3/q-1/t21-/m1/s1. The van der Waals surface area contributed by atoms with E-state index in [9.17, 15) is 14.5 Å². The van der Waals surface area contributed by atoms with Crippen molar-refractivity contribution in [2.75, 3.05) is 0 Å². The molecule has 0 saturated heterocycles. The first-order chi connectivity index (χ1) is 16.4. The number of nitro groups is 1. The molecular formula is C21H17FIN6O5-. The summed E-state index contributed by atoms with van der Waals surface area (Å²) in [5.74, 6) is 0.667. The van der Waals surface area contributed by atoms with Crippen molar-refractivity contribution in [3.05, 3.63) is 82.6 Å². The molecule has 3 heterocycles. The van der Waals surface area contributed by atoms with Crippen LogP contribution in [0.1, 0.15) is 12.6 Å². The van der Waals surface area contributed by atoms with Crippen LogP contribution in [-0.2, 0) is 13.2 Å². The molecule has 1 atom stereocenters. The third-order valence-corrected chi connectivity index (χ3v) is 7.03. The second-order valence-corrected chi connectivity index (χ2v) is 10.7. The molecule has 1 aliphatic heterocycles. The summed E-state index contributed by atoms with van der Waals surface area (Å²) >= 11 is -0.907. The minimum atomic E-state index is -0.907. The monoisotopic (exact) mass is 579 g/mol. The molecule has 0 aliphatic carbocycles. The molecule has 0 N–H and O–H groups in total. The van der Waals surface area contributed by atoms with E-state index in [4.69, 9.17) is 12.5 Å². The van der Waals surface area contributed by atoms with Crippen LogP contribution < -0.4 is 34.2 Å². The van der Waals surface area contributed by atoms with E-state index in [1.54, 1.807) is 27.6 Å². The molecule has 0 spiro atoms. The summed E-state index contributed by atoms with van der Waals surface area (Å²) in [5, 5.41) is 19.1. The Hall–Kier alpha value is -3.75. The van der Waals surface area contributed by atoms with Crippen molar-refractivity contribution in [3.63, 3.8) is 0 Å². The van der Waals surface area contributed by atoms with Gasteiger partial charge in [0.25, 0.3) is 0 Å². The van der Waals surface area contributed by atoms with E-state index in [2.05, 4.69) is 15.3 Å². The van der Waals surface area contributed by atoms with Gasteiger partial charge >= 0.3 is 181 Å². The predicted molar refractivity (Wildman–Crippen MR) is 111 cm³/mol. The van der Waals surface area contributed by atoms with Crippen LogP contribution in [0.3, 0.4) is 0 Å². The Morgan fingerprint density at radius 3 is 2.62 bits per heavy atom. The minimum absolute atomic E-state index is 0.205. The van der Waals surface area contributed by atoms with Crippen LogP contribution >= 0.6 is 0 Å². The molecule has 11 nitrogen and oxygen atoms in total. The van der Waals surface area contributed by atoms with Gasteiger partial charge in [-0.15, -0.1) is 0 Å². The third-order valence-electron chi connectivity index (χ3n) is 4.80. The van der Waals surface area contributed by atoms with Crippen molar-refractivity contribution in [2.24, 2.45) is 0 Å². The van der Waals surface area contributed by atoms with Gasteiger partial charge in [0.05, 0.1) is 0 Å². The number of benzene rings is 2. The Labute approximate surface area is 203 Å². The number of hydrogen-bond acceptors (Lipinski definition) is 8. The zero-order valence-corrected chi connectivity index (χ0v) is 19.8. The van der Waals surface area contributed by atoms with Crippen LogP contribution in [0.5, 0.6) is 17.5 Å². The molecule has 0 saturated carbocycles. The van der Waals surface area contributed by atoms with Gasteiger partial charge in [0.15, 0.2) is 0 Å². The molecule has 0 amide bonds.